The van der Waals surface area contributed by atoms with Crippen molar-refractivity contribution in [1.29, 1.82) is 0 Å². The minimum atomic E-state index is -0.261. The molecule has 0 bridgehead atoms. The van der Waals surface area contributed by atoms with Crippen molar-refractivity contribution in [3.05, 3.63) is 64.4 Å². The maximum atomic E-state index is 13.5. The van der Waals surface area contributed by atoms with Crippen LogP contribution in [0, 0.1) is 19.3 Å². The average Bonchev–Trinajstić information content (AvgIpc) is 3.16. The Morgan fingerprint density at radius 3 is 2.48 bits per heavy atom. The van der Waals surface area contributed by atoms with Gasteiger partial charge in [0.1, 0.15) is 0 Å². The van der Waals surface area contributed by atoms with E-state index in [1.807, 2.05) is 43.3 Å². The van der Waals surface area contributed by atoms with Crippen LogP contribution in [0.1, 0.15) is 55.7 Å². The number of benzene rings is 2. The molecule has 0 fully saturated rings. The number of anilines is 1. The van der Waals surface area contributed by atoms with Crippen molar-refractivity contribution in [3.8, 4) is 11.5 Å². The average molecular weight is 418 g/mol. The molecule has 0 N–H and O–H groups in total. The Morgan fingerprint density at radius 2 is 1.71 bits per heavy atom. The van der Waals surface area contributed by atoms with Crippen molar-refractivity contribution in [1.82, 2.24) is 0 Å². The summed E-state index contributed by atoms with van der Waals surface area (Å²) in [5, 5.41) is 0. The number of fused-ring (bicyclic) bond motifs is 1. The van der Waals surface area contributed by atoms with E-state index in [0.29, 0.717) is 24.3 Å². The van der Waals surface area contributed by atoms with E-state index in [1.54, 1.807) is 4.90 Å². The lowest BCUT2D eigenvalue weighted by Crippen LogP contribution is -2.43. The first-order valence-electron chi connectivity index (χ1n) is 10.8. The third-order valence-electron chi connectivity index (χ3n) is 6.69. The fourth-order valence-corrected chi connectivity index (χ4v) is 4.99. The van der Waals surface area contributed by atoms with Gasteiger partial charge in [0.2, 0.25) is 12.7 Å². The Kier molecular flexibility index (Phi) is 4.47. The lowest BCUT2D eigenvalue weighted by molar-refractivity contribution is -0.121. The van der Waals surface area contributed by atoms with Gasteiger partial charge >= 0.3 is 0 Å². The Balaban J connectivity index is 1.66. The van der Waals surface area contributed by atoms with Crippen LogP contribution in [0.5, 0.6) is 11.5 Å². The maximum Gasteiger partial charge on any atom is 0.232 e. The first-order chi connectivity index (χ1) is 14.7. The second kappa shape index (κ2) is 6.98. The molecule has 2 aromatic rings. The number of allylic oxidation sites excluding steroid dienone is 2. The number of hydrogen-bond donors (Lipinski definition) is 0. The van der Waals surface area contributed by atoms with Gasteiger partial charge in [-0.15, -0.1) is 0 Å². The van der Waals surface area contributed by atoms with Crippen molar-refractivity contribution in [2.75, 3.05) is 11.7 Å². The Hall–Kier alpha value is -3.08. The summed E-state index contributed by atoms with van der Waals surface area (Å²) in [6.45, 7) is 8.51. The number of carbonyl (C=O) groups is 2. The van der Waals surface area contributed by atoms with Gasteiger partial charge in [-0.2, -0.15) is 0 Å². The van der Waals surface area contributed by atoms with Gasteiger partial charge < -0.3 is 9.47 Å². The number of nitrogens with zero attached hydrogens (tertiary/aromatic N) is 1. The molecule has 31 heavy (non-hydrogen) atoms. The fourth-order valence-electron chi connectivity index (χ4n) is 4.99. The van der Waals surface area contributed by atoms with Gasteiger partial charge in [-0.1, -0.05) is 26.0 Å². The van der Waals surface area contributed by atoms with Gasteiger partial charge in [-0.05, 0) is 66.6 Å². The molecule has 2 heterocycles. The van der Waals surface area contributed by atoms with Gasteiger partial charge in [0, 0.05) is 35.7 Å². The Morgan fingerprint density at radius 1 is 0.935 bits per heavy atom. The van der Waals surface area contributed by atoms with E-state index in [9.17, 15) is 9.59 Å². The molecule has 160 valence electrons. The standard InChI is InChI=1S/C26H27NO4/c1-15-5-7-18(9-16(15)2)27-20-12-26(3,4)13-21(28)25(20)19(11-24(27)29)17-6-8-22-23(10-17)31-14-30-22/h5-10,19H,11-14H2,1-4H3. The van der Waals surface area contributed by atoms with Crippen molar-refractivity contribution in [2.45, 2.75) is 52.9 Å². The van der Waals surface area contributed by atoms with Crippen LogP contribution in [0.25, 0.3) is 0 Å². The highest BCUT2D eigenvalue weighted by Crippen LogP contribution is 2.49. The summed E-state index contributed by atoms with van der Waals surface area (Å²) in [6, 6.07) is 11.8. The van der Waals surface area contributed by atoms with Crippen LogP contribution in [0.15, 0.2) is 47.7 Å². The van der Waals surface area contributed by atoms with Crippen LogP contribution in [0.2, 0.25) is 0 Å². The number of aryl methyl sites for hydroxylation is 2. The van der Waals surface area contributed by atoms with Crippen LogP contribution < -0.4 is 14.4 Å². The van der Waals surface area contributed by atoms with E-state index >= 15 is 0 Å². The second-order valence-corrected chi connectivity index (χ2v) is 9.67. The molecule has 1 amide bonds. The topological polar surface area (TPSA) is 55.8 Å². The summed E-state index contributed by atoms with van der Waals surface area (Å²) in [5.41, 5.74) is 5.52. The van der Waals surface area contributed by atoms with E-state index in [4.69, 9.17) is 9.47 Å². The van der Waals surface area contributed by atoms with E-state index in [2.05, 4.69) is 20.8 Å². The first-order valence-corrected chi connectivity index (χ1v) is 10.8. The molecule has 5 rings (SSSR count). The molecule has 2 aliphatic heterocycles. The highest BCUT2D eigenvalue weighted by Gasteiger charge is 2.44. The summed E-state index contributed by atoms with van der Waals surface area (Å²) in [5.74, 6) is 1.27. The van der Waals surface area contributed by atoms with Gasteiger partial charge in [-0.25, -0.2) is 0 Å². The van der Waals surface area contributed by atoms with Gasteiger partial charge in [0.15, 0.2) is 17.3 Å². The molecule has 1 aliphatic carbocycles. The Labute approximate surface area is 182 Å². The zero-order chi connectivity index (χ0) is 21.9. The molecule has 3 aliphatic rings. The monoisotopic (exact) mass is 417 g/mol. The predicted octanol–water partition coefficient (Wildman–Crippen LogP) is 5.20. The molecule has 1 unspecified atom stereocenters. The number of Topliss-reactive ketones (excluding diaryl/α,β-unsaturated/α-hetero) is 1. The number of ether oxygens (including phenoxy) is 2. The molecular weight excluding hydrogens is 390 g/mol. The van der Waals surface area contributed by atoms with E-state index in [1.165, 1.54) is 5.56 Å². The van der Waals surface area contributed by atoms with Crippen LogP contribution in [-0.2, 0) is 9.59 Å². The second-order valence-electron chi connectivity index (χ2n) is 9.67. The number of carbonyl (C=O) groups excluding carboxylic acids is 2. The highest BCUT2D eigenvalue weighted by atomic mass is 16.7. The van der Waals surface area contributed by atoms with Gasteiger partial charge in [-0.3, -0.25) is 14.5 Å². The first kappa shape index (κ1) is 19.9. The van der Waals surface area contributed by atoms with Crippen LogP contribution in [-0.4, -0.2) is 18.5 Å². The van der Waals surface area contributed by atoms with Crippen molar-refractivity contribution >= 4 is 17.4 Å². The van der Waals surface area contributed by atoms with Crippen LogP contribution in [0.4, 0.5) is 5.69 Å². The van der Waals surface area contributed by atoms with Gasteiger partial charge in [0.05, 0.1) is 0 Å². The molecular formula is C26H27NO4. The molecule has 0 radical (unpaired) electrons. The summed E-state index contributed by atoms with van der Waals surface area (Å²) in [4.78, 5) is 28.7. The predicted molar refractivity (Wildman–Crippen MR) is 118 cm³/mol. The summed E-state index contributed by atoms with van der Waals surface area (Å²) >= 11 is 0. The van der Waals surface area contributed by atoms with E-state index in [0.717, 1.165) is 28.1 Å². The smallest absolute Gasteiger partial charge is 0.232 e. The summed E-state index contributed by atoms with van der Waals surface area (Å²) in [6.07, 6.45) is 1.44. The van der Waals surface area contributed by atoms with Crippen LogP contribution >= 0.6 is 0 Å². The minimum Gasteiger partial charge on any atom is -0.454 e. The zero-order valence-corrected chi connectivity index (χ0v) is 18.5. The molecule has 5 heteroatoms. The number of rotatable bonds is 2. The van der Waals surface area contributed by atoms with Crippen molar-refractivity contribution < 1.29 is 19.1 Å². The normalized spacial score (nSPS) is 22.1. The van der Waals surface area contributed by atoms with E-state index in [-0.39, 0.29) is 36.2 Å². The number of ketones is 1. The summed E-state index contributed by atoms with van der Waals surface area (Å²) < 4.78 is 11.0. The molecule has 5 nitrogen and oxygen atoms in total. The largest absolute Gasteiger partial charge is 0.454 e. The number of hydrogen-bond acceptors (Lipinski definition) is 4. The SMILES string of the molecule is Cc1ccc(N2C(=O)CC(c3ccc4c(c3)OCO4)C3=C2CC(C)(C)CC3=O)cc1C. The molecule has 0 aromatic heterocycles. The molecule has 0 spiro atoms. The fraction of sp³-hybridized carbons (Fsp3) is 0.385. The Bertz CT molecular complexity index is 1140. The number of amides is 1. The lowest BCUT2D eigenvalue weighted by Gasteiger charge is -2.43. The molecule has 1 atom stereocenters. The molecule has 0 saturated carbocycles. The van der Waals surface area contributed by atoms with Crippen molar-refractivity contribution in [2.24, 2.45) is 5.41 Å². The molecule has 2 aromatic carbocycles. The quantitative estimate of drug-likeness (QED) is 0.674. The molecule has 0 saturated heterocycles. The zero-order valence-electron chi connectivity index (χ0n) is 18.5. The third kappa shape index (κ3) is 3.32. The maximum absolute atomic E-state index is 13.5. The van der Waals surface area contributed by atoms with Crippen molar-refractivity contribution in [3.63, 3.8) is 0 Å². The van der Waals surface area contributed by atoms with E-state index < -0.39 is 0 Å². The van der Waals surface area contributed by atoms with Crippen LogP contribution in [0.3, 0.4) is 0 Å². The van der Waals surface area contributed by atoms with Gasteiger partial charge in [0.25, 0.3) is 0 Å². The summed E-state index contributed by atoms with van der Waals surface area (Å²) in [7, 11) is 0. The minimum absolute atomic E-state index is 0.0233. The highest BCUT2D eigenvalue weighted by molar-refractivity contribution is 6.07. The lowest BCUT2D eigenvalue weighted by atomic mass is 9.69. The third-order valence-corrected chi connectivity index (χ3v) is 6.69.